The highest BCUT2D eigenvalue weighted by atomic mass is 14.7. The van der Waals surface area contributed by atoms with E-state index in [9.17, 15) is 0 Å². The third kappa shape index (κ3) is 1.59. The summed E-state index contributed by atoms with van der Waals surface area (Å²) in [5.41, 5.74) is 9.34. The Hall–Kier alpha value is -0.820. The number of hydrogen-bond donors (Lipinski definition) is 1. The van der Waals surface area contributed by atoms with E-state index >= 15 is 0 Å². The third-order valence-corrected chi connectivity index (χ3v) is 4.24. The lowest BCUT2D eigenvalue weighted by atomic mass is 9.69. The topological polar surface area (TPSA) is 26.0 Å². The summed E-state index contributed by atoms with van der Waals surface area (Å²) in [6.45, 7) is 0. The monoisotopic (exact) mass is 201 g/mol. The van der Waals surface area contributed by atoms with E-state index < -0.39 is 0 Å². The van der Waals surface area contributed by atoms with E-state index in [1.807, 2.05) is 0 Å². The van der Waals surface area contributed by atoms with Gasteiger partial charge in [-0.25, -0.2) is 0 Å². The average molecular weight is 201 g/mol. The van der Waals surface area contributed by atoms with E-state index in [0.717, 1.165) is 5.92 Å². The van der Waals surface area contributed by atoms with Crippen molar-refractivity contribution in [3.8, 4) is 0 Å². The molecule has 0 aromatic heterocycles. The van der Waals surface area contributed by atoms with Crippen LogP contribution in [0.4, 0.5) is 0 Å². The van der Waals surface area contributed by atoms with Gasteiger partial charge in [0.2, 0.25) is 0 Å². The van der Waals surface area contributed by atoms with E-state index in [4.69, 9.17) is 5.73 Å². The predicted octanol–water partition coefficient (Wildman–Crippen LogP) is 2.84. The van der Waals surface area contributed by atoms with Gasteiger partial charge >= 0.3 is 0 Å². The summed E-state index contributed by atoms with van der Waals surface area (Å²) >= 11 is 0. The van der Waals surface area contributed by atoms with Crippen molar-refractivity contribution in [2.24, 2.45) is 11.7 Å². The molecule has 0 radical (unpaired) electrons. The molecule has 1 heteroatoms. The minimum Gasteiger partial charge on any atom is -0.327 e. The lowest BCUT2D eigenvalue weighted by Crippen LogP contribution is -2.38. The molecule has 0 aliphatic heterocycles. The lowest BCUT2D eigenvalue weighted by molar-refractivity contribution is 0.258. The fourth-order valence-electron chi connectivity index (χ4n) is 2.96. The maximum atomic E-state index is 6.30. The summed E-state index contributed by atoms with van der Waals surface area (Å²) in [6, 6.07) is 9.17. The Morgan fingerprint density at radius 3 is 2.73 bits per heavy atom. The highest BCUT2D eigenvalue weighted by Gasteiger charge is 2.32. The lowest BCUT2D eigenvalue weighted by Gasteiger charge is -2.38. The Bertz CT molecular complexity index is 354. The van der Waals surface area contributed by atoms with Gasteiger partial charge in [-0.2, -0.15) is 0 Å². The largest absolute Gasteiger partial charge is 0.327 e. The van der Waals surface area contributed by atoms with Crippen LogP contribution in [0.5, 0.6) is 0 Å². The molecule has 1 aromatic carbocycles. The van der Waals surface area contributed by atoms with Crippen LogP contribution in [0, 0.1) is 5.92 Å². The molecule has 0 heterocycles. The molecular weight excluding hydrogens is 182 g/mol. The van der Waals surface area contributed by atoms with Crippen LogP contribution >= 0.6 is 0 Å². The maximum Gasteiger partial charge on any atom is 0.0114 e. The van der Waals surface area contributed by atoms with Crippen molar-refractivity contribution in [2.45, 2.75) is 44.1 Å². The first-order valence-corrected chi connectivity index (χ1v) is 6.18. The molecule has 2 aliphatic carbocycles. The minimum absolute atomic E-state index is 0.408. The Labute approximate surface area is 91.7 Å². The normalized spacial score (nSPS) is 26.3. The molecule has 2 unspecified atom stereocenters. The second-order valence-electron chi connectivity index (χ2n) is 5.21. The maximum absolute atomic E-state index is 6.30. The number of benzene rings is 1. The fourth-order valence-corrected chi connectivity index (χ4v) is 2.96. The molecule has 1 saturated carbocycles. The Kier molecular flexibility index (Phi) is 2.28. The van der Waals surface area contributed by atoms with Gasteiger partial charge < -0.3 is 5.73 Å². The summed E-state index contributed by atoms with van der Waals surface area (Å²) in [7, 11) is 0. The highest BCUT2D eigenvalue weighted by Crippen LogP contribution is 2.40. The molecule has 0 amide bonds. The Morgan fingerprint density at radius 1 is 1.27 bits per heavy atom. The standard InChI is InChI=1S/C14H19N/c15-14(8-10-4-3-5-10)13-9-11-6-1-2-7-12(11)13/h1-2,6-7,10,13-14H,3-5,8-9,15H2. The summed E-state index contributed by atoms with van der Waals surface area (Å²) in [6.07, 6.45) is 6.73. The molecule has 2 N–H and O–H groups in total. The van der Waals surface area contributed by atoms with Gasteiger partial charge in [0.15, 0.2) is 0 Å². The SMILES string of the molecule is NC(CC1CCC1)C1Cc2ccccc21. The van der Waals surface area contributed by atoms with Crippen molar-refractivity contribution in [3.05, 3.63) is 35.4 Å². The second kappa shape index (κ2) is 3.64. The second-order valence-corrected chi connectivity index (χ2v) is 5.21. The van der Waals surface area contributed by atoms with Crippen molar-refractivity contribution in [3.63, 3.8) is 0 Å². The van der Waals surface area contributed by atoms with Crippen molar-refractivity contribution in [1.29, 1.82) is 0 Å². The number of nitrogens with two attached hydrogens (primary N) is 1. The van der Waals surface area contributed by atoms with Gasteiger partial charge in [0.25, 0.3) is 0 Å². The van der Waals surface area contributed by atoms with Crippen LogP contribution in [0.25, 0.3) is 0 Å². The summed E-state index contributed by atoms with van der Waals surface area (Å²) in [5.74, 6) is 1.59. The van der Waals surface area contributed by atoms with Gasteiger partial charge in [0, 0.05) is 12.0 Å². The zero-order valence-corrected chi connectivity index (χ0v) is 9.15. The highest BCUT2D eigenvalue weighted by molar-refractivity contribution is 5.41. The van der Waals surface area contributed by atoms with Gasteiger partial charge in [0.1, 0.15) is 0 Å². The molecule has 2 atom stereocenters. The number of fused-ring (bicyclic) bond motifs is 1. The summed E-state index contributed by atoms with van der Waals surface area (Å²) in [5, 5.41) is 0. The quantitative estimate of drug-likeness (QED) is 0.799. The van der Waals surface area contributed by atoms with Gasteiger partial charge in [-0.3, -0.25) is 0 Å². The minimum atomic E-state index is 0.408. The molecule has 0 spiro atoms. The third-order valence-electron chi connectivity index (χ3n) is 4.24. The summed E-state index contributed by atoms with van der Waals surface area (Å²) < 4.78 is 0. The van der Waals surface area contributed by atoms with E-state index in [1.54, 1.807) is 0 Å². The number of rotatable bonds is 3. The smallest absolute Gasteiger partial charge is 0.0114 e. The zero-order valence-electron chi connectivity index (χ0n) is 9.15. The first-order chi connectivity index (χ1) is 7.34. The molecule has 15 heavy (non-hydrogen) atoms. The first kappa shape index (κ1) is 9.41. The van der Waals surface area contributed by atoms with Crippen LogP contribution in [0.15, 0.2) is 24.3 Å². The van der Waals surface area contributed by atoms with Crippen molar-refractivity contribution in [2.75, 3.05) is 0 Å². The van der Waals surface area contributed by atoms with Crippen molar-refractivity contribution >= 4 is 0 Å². The van der Waals surface area contributed by atoms with Crippen LogP contribution in [0.2, 0.25) is 0 Å². The zero-order chi connectivity index (χ0) is 10.3. The first-order valence-electron chi connectivity index (χ1n) is 6.18. The Morgan fingerprint density at radius 2 is 2.07 bits per heavy atom. The van der Waals surface area contributed by atoms with E-state index in [1.165, 1.54) is 43.2 Å². The molecule has 1 nitrogen and oxygen atoms in total. The molecule has 3 rings (SSSR count). The van der Waals surface area contributed by atoms with Crippen molar-refractivity contribution < 1.29 is 0 Å². The number of hydrogen-bond acceptors (Lipinski definition) is 1. The van der Waals surface area contributed by atoms with Crippen LogP contribution in [-0.2, 0) is 6.42 Å². The molecule has 0 bridgehead atoms. The fraction of sp³-hybridized carbons (Fsp3) is 0.571. The van der Waals surface area contributed by atoms with Crippen LogP contribution in [0.3, 0.4) is 0 Å². The van der Waals surface area contributed by atoms with E-state index in [0.29, 0.717) is 12.0 Å². The summed E-state index contributed by atoms with van der Waals surface area (Å²) in [4.78, 5) is 0. The Balaban J connectivity index is 1.65. The predicted molar refractivity (Wildman–Crippen MR) is 62.8 cm³/mol. The van der Waals surface area contributed by atoms with Crippen molar-refractivity contribution in [1.82, 2.24) is 0 Å². The molecular formula is C14H19N. The van der Waals surface area contributed by atoms with E-state index in [2.05, 4.69) is 24.3 Å². The van der Waals surface area contributed by atoms with Gasteiger partial charge in [-0.1, -0.05) is 43.5 Å². The van der Waals surface area contributed by atoms with Crippen LogP contribution in [0.1, 0.15) is 42.7 Å². The molecule has 1 aromatic rings. The van der Waals surface area contributed by atoms with Gasteiger partial charge in [-0.15, -0.1) is 0 Å². The van der Waals surface area contributed by atoms with Gasteiger partial charge in [-0.05, 0) is 29.9 Å². The average Bonchev–Trinajstić information content (AvgIpc) is 2.14. The molecule has 2 aliphatic rings. The van der Waals surface area contributed by atoms with E-state index in [-0.39, 0.29) is 0 Å². The molecule has 1 fully saturated rings. The molecule has 0 saturated heterocycles. The van der Waals surface area contributed by atoms with Gasteiger partial charge in [0.05, 0.1) is 0 Å². The molecule has 80 valence electrons. The van der Waals surface area contributed by atoms with Crippen LogP contribution in [-0.4, -0.2) is 6.04 Å². The van der Waals surface area contributed by atoms with Crippen LogP contribution < -0.4 is 5.73 Å².